The third-order valence-corrected chi connectivity index (χ3v) is 5.63. The molecule has 0 saturated carbocycles. The fourth-order valence-electron chi connectivity index (χ4n) is 4.36. The number of carbonyl (C=O) groups is 2. The molecule has 0 aliphatic carbocycles. The maximum Gasteiger partial charge on any atom is 0.239 e. The Kier molecular flexibility index (Phi) is 4.46. The lowest BCUT2D eigenvalue weighted by Gasteiger charge is -2.52. The molecule has 28 heavy (non-hydrogen) atoms. The number of anilines is 1. The van der Waals surface area contributed by atoms with Crippen LogP contribution in [0.3, 0.4) is 0 Å². The zero-order valence-electron chi connectivity index (χ0n) is 16.1. The lowest BCUT2D eigenvalue weighted by molar-refractivity contribution is -0.173. The number of amides is 2. The van der Waals surface area contributed by atoms with E-state index in [9.17, 15) is 9.59 Å². The highest BCUT2D eigenvalue weighted by Gasteiger charge is 2.55. The third-order valence-electron chi connectivity index (χ3n) is 5.63. The molecule has 0 radical (unpaired) electrons. The molecule has 2 aromatic carbocycles. The molecule has 1 saturated heterocycles. The Morgan fingerprint density at radius 2 is 2.11 bits per heavy atom. The Morgan fingerprint density at radius 1 is 1.32 bits per heavy atom. The largest absolute Gasteiger partial charge is 0.468 e. The van der Waals surface area contributed by atoms with Crippen LogP contribution in [0.4, 0.5) is 5.69 Å². The summed E-state index contributed by atoms with van der Waals surface area (Å²) < 4.78 is 6.21. The highest BCUT2D eigenvalue weighted by atomic mass is 16.5. The number of fused-ring (bicyclic) bond motifs is 4. The summed E-state index contributed by atoms with van der Waals surface area (Å²) in [6, 6.07) is 15.3. The summed E-state index contributed by atoms with van der Waals surface area (Å²) in [4.78, 5) is 28.2. The van der Waals surface area contributed by atoms with Crippen molar-refractivity contribution in [1.82, 2.24) is 4.90 Å². The number of rotatable bonds is 4. The molecule has 2 aliphatic rings. The first-order valence-corrected chi connectivity index (χ1v) is 9.51. The molecule has 2 aromatic rings. The number of nitrogens with zero attached hydrogens (tertiary/aromatic N) is 1. The van der Waals surface area contributed by atoms with E-state index in [2.05, 4.69) is 11.9 Å². The van der Waals surface area contributed by atoms with Crippen molar-refractivity contribution >= 4 is 17.5 Å². The van der Waals surface area contributed by atoms with Crippen molar-refractivity contribution in [3.05, 3.63) is 72.3 Å². The van der Waals surface area contributed by atoms with Gasteiger partial charge in [0.1, 0.15) is 11.7 Å². The summed E-state index contributed by atoms with van der Waals surface area (Å²) in [6.07, 6.45) is 2.23. The van der Waals surface area contributed by atoms with Gasteiger partial charge in [0, 0.05) is 24.6 Å². The van der Waals surface area contributed by atoms with Crippen LogP contribution in [0.5, 0.6) is 5.75 Å². The molecule has 2 heterocycles. The minimum absolute atomic E-state index is 0.224. The van der Waals surface area contributed by atoms with Crippen LogP contribution in [-0.2, 0) is 9.59 Å². The highest BCUT2D eigenvalue weighted by molar-refractivity contribution is 6.08. The van der Waals surface area contributed by atoms with E-state index in [1.165, 1.54) is 0 Å². The zero-order valence-corrected chi connectivity index (χ0v) is 16.1. The first-order chi connectivity index (χ1) is 13.4. The average Bonchev–Trinajstić information content (AvgIpc) is 2.65. The number of aryl methyl sites for hydroxylation is 1. The van der Waals surface area contributed by atoms with Crippen molar-refractivity contribution in [3.8, 4) is 5.75 Å². The molecular formula is C23H24N2O3. The molecule has 144 valence electrons. The van der Waals surface area contributed by atoms with Crippen LogP contribution in [0.25, 0.3) is 0 Å². The van der Waals surface area contributed by atoms with Crippen LogP contribution in [-0.4, -0.2) is 29.0 Å². The maximum atomic E-state index is 13.4. The molecule has 1 N–H and O–H groups in total. The van der Waals surface area contributed by atoms with E-state index >= 15 is 0 Å². The Hall–Kier alpha value is -3.08. The van der Waals surface area contributed by atoms with Crippen LogP contribution < -0.4 is 10.1 Å². The Labute approximate surface area is 165 Å². The molecule has 2 bridgehead atoms. The minimum atomic E-state index is -0.807. The normalized spacial score (nSPS) is 25.5. The smallest absolute Gasteiger partial charge is 0.239 e. The average molecular weight is 376 g/mol. The minimum Gasteiger partial charge on any atom is -0.468 e. The number of ether oxygens (including phenoxy) is 1. The standard InChI is InChI=1S/C23H24N2O3/c1-4-12-25-22(27)20(21(26)24-16-9-7-8-15(2)13-16)18-14-23(25,3)28-19-11-6-5-10-17(18)19/h4-11,13,18,20H,1,12,14H2,2-3H3,(H,24,26)/t18-,20+,23+/m0/s1. The first-order valence-electron chi connectivity index (χ1n) is 9.51. The van der Waals surface area contributed by atoms with Crippen molar-refractivity contribution in [2.75, 3.05) is 11.9 Å². The molecule has 1 fully saturated rings. The first kappa shape index (κ1) is 18.3. The van der Waals surface area contributed by atoms with Gasteiger partial charge in [-0.2, -0.15) is 0 Å². The van der Waals surface area contributed by atoms with Gasteiger partial charge in [0.2, 0.25) is 11.8 Å². The van der Waals surface area contributed by atoms with Gasteiger partial charge in [-0.25, -0.2) is 0 Å². The van der Waals surface area contributed by atoms with E-state index in [4.69, 9.17) is 4.74 Å². The van der Waals surface area contributed by atoms with Gasteiger partial charge in [-0.3, -0.25) is 9.59 Å². The molecule has 5 heteroatoms. The number of hydrogen-bond donors (Lipinski definition) is 1. The quantitative estimate of drug-likeness (QED) is 0.651. The van der Waals surface area contributed by atoms with Gasteiger partial charge in [0.15, 0.2) is 5.72 Å². The van der Waals surface area contributed by atoms with Gasteiger partial charge in [-0.05, 0) is 43.2 Å². The van der Waals surface area contributed by atoms with E-state index in [-0.39, 0.29) is 17.7 Å². The van der Waals surface area contributed by atoms with E-state index in [1.807, 2.05) is 62.4 Å². The highest BCUT2D eigenvalue weighted by Crippen LogP contribution is 2.50. The van der Waals surface area contributed by atoms with Gasteiger partial charge < -0.3 is 15.0 Å². The topological polar surface area (TPSA) is 58.6 Å². The zero-order chi connectivity index (χ0) is 19.9. The number of nitrogens with one attached hydrogen (secondary N) is 1. The summed E-state index contributed by atoms with van der Waals surface area (Å²) >= 11 is 0. The molecule has 4 rings (SSSR count). The predicted octanol–water partition coefficient (Wildman–Crippen LogP) is 3.86. The molecule has 0 unspecified atom stereocenters. The second kappa shape index (κ2) is 6.82. The number of benzene rings is 2. The van der Waals surface area contributed by atoms with E-state index in [0.717, 1.165) is 16.9 Å². The Bertz CT molecular complexity index is 954. The van der Waals surface area contributed by atoms with Crippen molar-refractivity contribution in [2.45, 2.75) is 31.9 Å². The molecule has 2 amide bonds. The summed E-state index contributed by atoms with van der Waals surface area (Å²) in [5.74, 6) is -0.810. The molecular weight excluding hydrogens is 352 g/mol. The lowest BCUT2D eigenvalue weighted by Crippen LogP contribution is -2.64. The molecule has 3 atom stereocenters. The molecule has 5 nitrogen and oxygen atoms in total. The third kappa shape index (κ3) is 2.97. The predicted molar refractivity (Wildman–Crippen MR) is 108 cm³/mol. The van der Waals surface area contributed by atoms with E-state index in [1.54, 1.807) is 11.0 Å². The number of hydrogen-bond acceptors (Lipinski definition) is 3. The number of piperidine rings is 1. The van der Waals surface area contributed by atoms with Crippen LogP contribution in [0.1, 0.15) is 30.4 Å². The van der Waals surface area contributed by atoms with Gasteiger partial charge in [-0.1, -0.05) is 36.4 Å². The van der Waals surface area contributed by atoms with Crippen molar-refractivity contribution < 1.29 is 14.3 Å². The maximum absolute atomic E-state index is 13.4. The summed E-state index contributed by atoms with van der Waals surface area (Å²) in [6.45, 7) is 7.97. The Balaban J connectivity index is 1.74. The fourth-order valence-corrected chi connectivity index (χ4v) is 4.36. The van der Waals surface area contributed by atoms with Crippen LogP contribution in [0, 0.1) is 12.8 Å². The van der Waals surface area contributed by atoms with Gasteiger partial charge in [0.05, 0.1) is 0 Å². The summed E-state index contributed by atoms with van der Waals surface area (Å²) in [5.41, 5.74) is 1.87. The monoisotopic (exact) mass is 376 g/mol. The van der Waals surface area contributed by atoms with E-state index < -0.39 is 11.6 Å². The van der Waals surface area contributed by atoms with Crippen molar-refractivity contribution in [1.29, 1.82) is 0 Å². The van der Waals surface area contributed by atoms with Gasteiger partial charge in [0.25, 0.3) is 0 Å². The number of likely N-dealkylation sites (tertiary alicyclic amines) is 1. The van der Waals surface area contributed by atoms with Gasteiger partial charge >= 0.3 is 0 Å². The van der Waals surface area contributed by atoms with Crippen LogP contribution >= 0.6 is 0 Å². The molecule has 0 aromatic heterocycles. The van der Waals surface area contributed by atoms with Crippen molar-refractivity contribution in [3.63, 3.8) is 0 Å². The summed E-state index contributed by atoms with van der Waals surface area (Å²) in [7, 11) is 0. The van der Waals surface area contributed by atoms with Crippen LogP contribution in [0.2, 0.25) is 0 Å². The SMILES string of the molecule is C=CCN1C(=O)[C@@H](C(=O)Nc2cccc(C)c2)[C@H]2C[C@@]1(C)Oc1ccccc12. The summed E-state index contributed by atoms with van der Waals surface area (Å²) in [5, 5.41) is 2.94. The number of para-hydroxylation sites is 1. The molecule has 2 aliphatic heterocycles. The van der Waals surface area contributed by atoms with Gasteiger partial charge in [-0.15, -0.1) is 6.58 Å². The lowest BCUT2D eigenvalue weighted by atomic mass is 9.73. The number of carbonyl (C=O) groups excluding carboxylic acids is 2. The Morgan fingerprint density at radius 3 is 2.86 bits per heavy atom. The van der Waals surface area contributed by atoms with Crippen LogP contribution in [0.15, 0.2) is 61.2 Å². The van der Waals surface area contributed by atoms with E-state index in [0.29, 0.717) is 18.7 Å². The van der Waals surface area contributed by atoms with Crippen molar-refractivity contribution in [2.24, 2.45) is 5.92 Å². The fraction of sp³-hybridized carbons (Fsp3) is 0.304. The second-order valence-electron chi connectivity index (χ2n) is 7.70. The second-order valence-corrected chi connectivity index (χ2v) is 7.70. The molecule has 0 spiro atoms.